The molecule has 0 saturated carbocycles. The lowest BCUT2D eigenvalue weighted by Crippen LogP contribution is -1.89. The Morgan fingerprint density at radius 1 is 1.27 bits per heavy atom. The number of pyridine rings is 2. The van der Waals surface area contributed by atoms with Crippen molar-refractivity contribution in [3.8, 4) is 11.1 Å². The Morgan fingerprint density at radius 2 is 2.07 bits per heavy atom. The molecule has 0 aliphatic carbocycles. The van der Waals surface area contributed by atoms with Gasteiger partial charge in [-0.25, -0.2) is 4.98 Å². The minimum absolute atomic E-state index is 0.393. The van der Waals surface area contributed by atoms with E-state index in [0.29, 0.717) is 10.3 Å². The average molecular weight is 239 g/mol. The van der Waals surface area contributed by atoms with Crippen LogP contribution in [-0.4, -0.2) is 9.97 Å². The molecule has 76 valence electrons. The van der Waals surface area contributed by atoms with E-state index in [1.807, 2.05) is 19.1 Å². The van der Waals surface area contributed by atoms with Crippen LogP contribution in [0.15, 0.2) is 30.6 Å². The minimum Gasteiger partial charge on any atom is -0.264 e. The van der Waals surface area contributed by atoms with Gasteiger partial charge in [-0.2, -0.15) is 0 Å². The lowest BCUT2D eigenvalue weighted by atomic mass is 10.1. The van der Waals surface area contributed by atoms with Crippen molar-refractivity contribution in [2.45, 2.75) is 6.92 Å². The highest BCUT2D eigenvalue weighted by atomic mass is 35.5. The quantitative estimate of drug-likeness (QED) is 0.708. The second-order valence-corrected chi connectivity index (χ2v) is 3.90. The standard InChI is InChI=1S/C11H8Cl2N2/c1-7-9(5-10(12)15-11(7)13)8-3-2-4-14-6-8/h2-6H,1H3. The summed E-state index contributed by atoms with van der Waals surface area (Å²) in [6.45, 7) is 1.91. The second kappa shape index (κ2) is 4.17. The van der Waals surface area contributed by atoms with Crippen LogP contribution >= 0.6 is 23.2 Å². The fourth-order valence-electron chi connectivity index (χ4n) is 1.37. The van der Waals surface area contributed by atoms with Crippen molar-refractivity contribution >= 4 is 23.2 Å². The highest BCUT2D eigenvalue weighted by molar-refractivity contribution is 6.33. The molecule has 0 unspecified atom stereocenters. The van der Waals surface area contributed by atoms with Crippen molar-refractivity contribution in [1.82, 2.24) is 9.97 Å². The summed E-state index contributed by atoms with van der Waals surface area (Å²) in [7, 11) is 0. The summed E-state index contributed by atoms with van der Waals surface area (Å²) in [4.78, 5) is 8.02. The van der Waals surface area contributed by atoms with Gasteiger partial charge >= 0.3 is 0 Å². The molecule has 0 amide bonds. The molecule has 2 nitrogen and oxygen atoms in total. The first-order valence-corrected chi connectivity index (χ1v) is 5.17. The van der Waals surface area contributed by atoms with Crippen LogP contribution in [0.4, 0.5) is 0 Å². The van der Waals surface area contributed by atoms with Gasteiger partial charge in [0.2, 0.25) is 0 Å². The highest BCUT2D eigenvalue weighted by Gasteiger charge is 2.08. The summed E-state index contributed by atoms with van der Waals surface area (Å²) in [6, 6.07) is 5.62. The third kappa shape index (κ3) is 2.11. The fourth-order valence-corrected chi connectivity index (χ4v) is 1.80. The first kappa shape index (κ1) is 10.4. The molecule has 2 aromatic rings. The van der Waals surface area contributed by atoms with Crippen LogP contribution < -0.4 is 0 Å². The molecule has 0 aliphatic heterocycles. The van der Waals surface area contributed by atoms with Gasteiger partial charge in [0.15, 0.2) is 0 Å². The van der Waals surface area contributed by atoms with Crippen molar-refractivity contribution < 1.29 is 0 Å². The van der Waals surface area contributed by atoms with Crippen molar-refractivity contribution in [1.29, 1.82) is 0 Å². The Kier molecular flexibility index (Phi) is 2.89. The van der Waals surface area contributed by atoms with E-state index in [-0.39, 0.29) is 0 Å². The molecule has 0 fully saturated rings. The number of hydrogen-bond donors (Lipinski definition) is 0. The maximum Gasteiger partial charge on any atom is 0.134 e. The van der Waals surface area contributed by atoms with Gasteiger partial charge in [-0.15, -0.1) is 0 Å². The maximum absolute atomic E-state index is 5.95. The van der Waals surface area contributed by atoms with Gasteiger partial charge < -0.3 is 0 Å². The van der Waals surface area contributed by atoms with E-state index in [2.05, 4.69) is 9.97 Å². The van der Waals surface area contributed by atoms with Gasteiger partial charge in [-0.3, -0.25) is 4.98 Å². The van der Waals surface area contributed by atoms with Crippen LogP contribution in [0, 0.1) is 6.92 Å². The molecule has 0 atom stereocenters. The van der Waals surface area contributed by atoms with Crippen LogP contribution in [0.25, 0.3) is 11.1 Å². The second-order valence-electron chi connectivity index (χ2n) is 3.15. The first-order chi connectivity index (χ1) is 7.18. The smallest absolute Gasteiger partial charge is 0.134 e. The molecule has 0 N–H and O–H groups in total. The summed E-state index contributed by atoms with van der Waals surface area (Å²) in [6.07, 6.45) is 3.50. The minimum atomic E-state index is 0.393. The molecule has 15 heavy (non-hydrogen) atoms. The highest BCUT2D eigenvalue weighted by Crippen LogP contribution is 2.28. The average Bonchev–Trinajstić information content (AvgIpc) is 2.24. The number of aromatic nitrogens is 2. The van der Waals surface area contributed by atoms with Crippen molar-refractivity contribution in [3.63, 3.8) is 0 Å². The fraction of sp³-hybridized carbons (Fsp3) is 0.0909. The Balaban J connectivity index is 2.63. The predicted octanol–water partition coefficient (Wildman–Crippen LogP) is 3.76. The topological polar surface area (TPSA) is 25.8 Å². The molecule has 0 aliphatic rings. The van der Waals surface area contributed by atoms with E-state index < -0.39 is 0 Å². The van der Waals surface area contributed by atoms with E-state index in [1.54, 1.807) is 18.5 Å². The summed E-state index contributed by atoms with van der Waals surface area (Å²) >= 11 is 11.8. The lowest BCUT2D eigenvalue weighted by molar-refractivity contribution is 1.26. The third-order valence-corrected chi connectivity index (χ3v) is 2.72. The SMILES string of the molecule is Cc1c(-c2cccnc2)cc(Cl)nc1Cl. The van der Waals surface area contributed by atoms with E-state index in [4.69, 9.17) is 23.2 Å². The molecule has 2 aromatic heterocycles. The normalized spacial score (nSPS) is 10.3. The van der Waals surface area contributed by atoms with Crippen LogP contribution in [0.2, 0.25) is 10.3 Å². The zero-order valence-electron chi connectivity index (χ0n) is 8.04. The van der Waals surface area contributed by atoms with E-state index in [1.165, 1.54) is 0 Å². The first-order valence-electron chi connectivity index (χ1n) is 4.41. The molecule has 0 saturated heterocycles. The Labute approximate surface area is 97.9 Å². The van der Waals surface area contributed by atoms with Gasteiger partial charge in [-0.05, 0) is 30.2 Å². The van der Waals surface area contributed by atoms with Gasteiger partial charge in [0.1, 0.15) is 10.3 Å². The molecule has 0 spiro atoms. The van der Waals surface area contributed by atoms with Crippen LogP contribution in [-0.2, 0) is 0 Å². The van der Waals surface area contributed by atoms with Crippen molar-refractivity contribution in [2.24, 2.45) is 0 Å². The Hall–Kier alpha value is -1.12. The van der Waals surface area contributed by atoms with Crippen LogP contribution in [0.3, 0.4) is 0 Å². The summed E-state index contributed by atoms with van der Waals surface area (Å²) < 4.78 is 0. The van der Waals surface area contributed by atoms with E-state index in [0.717, 1.165) is 16.7 Å². The van der Waals surface area contributed by atoms with Gasteiger partial charge in [0, 0.05) is 18.0 Å². The molecule has 2 heterocycles. The predicted molar refractivity (Wildman–Crippen MR) is 62.2 cm³/mol. The summed E-state index contributed by atoms with van der Waals surface area (Å²) in [5.74, 6) is 0. The van der Waals surface area contributed by atoms with Crippen molar-refractivity contribution in [2.75, 3.05) is 0 Å². The van der Waals surface area contributed by atoms with Gasteiger partial charge in [0.25, 0.3) is 0 Å². The lowest BCUT2D eigenvalue weighted by Gasteiger charge is -2.07. The third-order valence-electron chi connectivity index (χ3n) is 2.15. The van der Waals surface area contributed by atoms with Crippen molar-refractivity contribution in [3.05, 3.63) is 46.5 Å². The molecular formula is C11H8Cl2N2. The largest absolute Gasteiger partial charge is 0.264 e. The molecule has 2 rings (SSSR count). The Bertz CT molecular complexity index is 483. The van der Waals surface area contributed by atoms with Gasteiger partial charge in [-0.1, -0.05) is 29.3 Å². The van der Waals surface area contributed by atoms with E-state index >= 15 is 0 Å². The number of nitrogens with zero attached hydrogens (tertiary/aromatic N) is 2. The molecule has 0 bridgehead atoms. The zero-order valence-corrected chi connectivity index (χ0v) is 9.55. The summed E-state index contributed by atoms with van der Waals surface area (Å²) in [5.41, 5.74) is 2.86. The van der Waals surface area contributed by atoms with E-state index in [9.17, 15) is 0 Å². The molecule has 0 aromatic carbocycles. The number of rotatable bonds is 1. The maximum atomic E-state index is 5.95. The molecule has 4 heteroatoms. The van der Waals surface area contributed by atoms with Crippen LogP contribution in [0.1, 0.15) is 5.56 Å². The monoisotopic (exact) mass is 238 g/mol. The summed E-state index contributed by atoms with van der Waals surface area (Å²) in [5, 5.41) is 0.825. The van der Waals surface area contributed by atoms with Crippen LogP contribution in [0.5, 0.6) is 0 Å². The number of halogens is 2. The zero-order chi connectivity index (χ0) is 10.8. The molecule has 0 radical (unpaired) electrons. The van der Waals surface area contributed by atoms with Gasteiger partial charge in [0.05, 0.1) is 0 Å². The Morgan fingerprint density at radius 3 is 2.73 bits per heavy atom. The number of hydrogen-bond acceptors (Lipinski definition) is 2. The molecular weight excluding hydrogens is 231 g/mol.